The minimum atomic E-state index is 0.891. The first-order valence-electron chi connectivity index (χ1n) is 16.5. The van der Waals surface area contributed by atoms with Crippen molar-refractivity contribution in [3.63, 3.8) is 0 Å². The third-order valence-corrected chi connectivity index (χ3v) is 8.77. The predicted octanol–water partition coefficient (Wildman–Crippen LogP) is 12.4. The molecule has 46 heavy (non-hydrogen) atoms. The number of benzene rings is 6. The van der Waals surface area contributed by atoms with Gasteiger partial charge in [0.2, 0.25) is 0 Å². The molecule has 0 unspecified atom stereocenters. The summed E-state index contributed by atoms with van der Waals surface area (Å²) in [6.07, 6.45) is 0.891. The van der Waals surface area contributed by atoms with Crippen LogP contribution in [0.2, 0.25) is 0 Å². The molecule has 1 heterocycles. The number of hydrogen-bond acceptors (Lipinski definition) is 1. The quantitative estimate of drug-likeness (QED) is 0.184. The Kier molecular flexibility index (Phi) is 8.81. The molecule has 2 nitrogen and oxygen atoms in total. The fourth-order valence-corrected chi connectivity index (χ4v) is 6.42. The highest BCUT2D eigenvalue weighted by molar-refractivity contribution is 6.09. The van der Waals surface area contributed by atoms with E-state index in [0.29, 0.717) is 0 Å². The van der Waals surface area contributed by atoms with Crippen molar-refractivity contribution in [2.45, 2.75) is 54.9 Å². The smallest absolute Gasteiger partial charge is 0.0541 e. The molecule has 6 aromatic carbocycles. The maximum absolute atomic E-state index is 2.43. The first-order chi connectivity index (χ1) is 22.3. The fraction of sp³-hybridized carbons (Fsp3) is 0.182. The van der Waals surface area contributed by atoms with Gasteiger partial charge in [0.15, 0.2) is 0 Å². The Morgan fingerprint density at radius 2 is 0.848 bits per heavy atom. The average molecular weight is 601 g/mol. The van der Waals surface area contributed by atoms with Gasteiger partial charge in [-0.15, -0.1) is 0 Å². The molecular formula is C44H44N2. The van der Waals surface area contributed by atoms with Crippen LogP contribution in [-0.2, 0) is 6.42 Å². The minimum absolute atomic E-state index is 0.891. The zero-order valence-electron chi connectivity index (χ0n) is 28.2. The van der Waals surface area contributed by atoms with Crippen LogP contribution < -0.4 is 4.90 Å². The predicted molar refractivity (Wildman–Crippen MR) is 200 cm³/mol. The van der Waals surface area contributed by atoms with Crippen LogP contribution >= 0.6 is 0 Å². The number of hydrogen-bond donors (Lipinski definition) is 0. The van der Waals surface area contributed by atoms with Crippen molar-refractivity contribution in [3.8, 4) is 5.69 Å². The summed E-state index contributed by atoms with van der Waals surface area (Å²) < 4.78 is 2.43. The highest BCUT2D eigenvalue weighted by Crippen LogP contribution is 2.36. The molecule has 0 atom stereocenters. The average Bonchev–Trinajstić information content (AvgIpc) is 3.37. The number of fused-ring (bicyclic) bond motifs is 3. The fourth-order valence-electron chi connectivity index (χ4n) is 6.42. The van der Waals surface area contributed by atoms with Crippen molar-refractivity contribution in [3.05, 3.63) is 166 Å². The Hall–Kier alpha value is -5.08. The van der Waals surface area contributed by atoms with Crippen LogP contribution in [0, 0.1) is 34.6 Å². The topological polar surface area (TPSA) is 8.17 Å². The van der Waals surface area contributed by atoms with Crippen LogP contribution in [0.5, 0.6) is 0 Å². The Balaban J connectivity index is 0.00000182. The van der Waals surface area contributed by atoms with Crippen LogP contribution in [0.1, 0.15) is 52.8 Å². The van der Waals surface area contributed by atoms with Crippen LogP contribution in [0.3, 0.4) is 0 Å². The largest absolute Gasteiger partial charge is 0.311 e. The maximum atomic E-state index is 2.43. The van der Waals surface area contributed by atoms with E-state index in [2.05, 4.69) is 171 Å². The lowest BCUT2D eigenvalue weighted by molar-refractivity contribution is 1.12. The van der Waals surface area contributed by atoms with Crippen molar-refractivity contribution in [2.24, 2.45) is 0 Å². The minimum Gasteiger partial charge on any atom is -0.311 e. The molecule has 0 spiro atoms. The van der Waals surface area contributed by atoms with Crippen molar-refractivity contribution in [1.29, 1.82) is 0 Å². The molecule has 1 aromatic heterocycles. The van der Waals surface area contributed by atoms with Gasteiger partial charge in [0.1, 0.15) is 0 Å². The Bertz CT molecular complexity index is 2010. The van der Waals surface area contributed by atoms with Gasteiger partial charge in [-0.1, -0.05) is 96.8 Å². The molecule has 7 aromatic rings. The van der Waals surface area contributed by atoms with Crippen LogP contribution in [0.4, 0.5) is 17.1 Å². The normalized spacial score (nSPS) is 11.0. The molecule has 0 bridgehead atoms. The van der Waals surface area contributed by atoms with E-state index in [-0.39, 0.29) is 0 Å². The maximum Gasteiger partial charge on any atom is 0.0541 e. The number of anilines is 3. The second-order valence-corrected chi connectivity index (χ2v) is 12.3. The van der Waals surface area contributed by atoms with E-state index in [1.165, 1.54) is 66.4 Å². The second kappa shape index (κ2) is 13.1. The highest BCUT2D eigenvalue weighted by atomic mass is 15.1. The molecule has 230 valence electrons. The third kappa shape index (κ3) is 6.08. The standard InChI is InChI=1S/C42H38N2.C2H6/c1-28-6-15-35(16-7-28)43(36-17-8-29(2)9-18-36)37-19-12-33(13-20-37)27-34-14-23-40(32(5)26-34)44-41-21-10-30(3)24-38(41)39-25-31(4)11-22-42(39)44;1-2/h6-26H,27H2,1-5H3;1-2H3. The second-order valence-electron chi connectivity index (χ2n) is 12.3. The number of aryl methyl sites for hydroxylation is 5. The number of rotatable bonds is 6. The summed E-state index contributed by atoms with van der Waals surface area (Å²) in [6, 6.07) is 47.1. The van der Waals surface area contributed by atoms with Gasteiger partial charge in [0.25, 0.3) is 0 Å². The third-order valence-electron chi connectivity index (χ3n) is 8.77. The summed E-state index contributed by atoms with van der Waals surface area (Å²) in [5, 5.41) is 2.63. The summed E-state index contributed by atoms with van der Waals surface area (Å²) in [5.41, 5.74) is 16.2. The molecule has 0 amide bonds. The summed E-state index contributed by atoms with van der Waals surface area (Å²) in [5.74, 6) is 0. The van der Waals surface area contributed by atoms with Gasteiger partial charge < -0.3 is 9.47 Å². The molecule has 0 N–H and O–H groups in total. The number of aromatic nitrogens is 1. The zero-order valence-corrected chi connectivity index (χ0v) is 28.2. The molecule has 0 fully saturated rings. The molecule has 0 saturated heterocycles. The zero-order chi connectivity index (χ0) is 32.4. The monoisotopic (exact) mass is 600 g/mol. The van der Waals surface area contributed by atoms with Gasteiger partial charge in [-0.2, -0.15) is 0 Å². The van der Waals surface area contributed by atoms with E-state index in [1.807, 2.05) is 13.8 Å². The first-order valence-corrected chi connectivity index (χ1v) is 16.5. The van der Waals surface area contributed by atoms with Gasteiger partial charge in [-0.3, -0.25) is 0 Å². The summed E-state index contributed by atoms with van der Waals surface area (Å²) in [7, 11) is 0. The van der Waals surface area contributed by atoms with E-state index in [9.17, 15) is 0 Å². The molecule has 0 radical (unpaired) electrons. The van der Waals surface area contributed by atoms with Crippen molar-refractivity contribution >= 4 is 38.9 Å². The van der Waals surface area contributed by atoms with Gasteiger partial charge in [0.05, 0.1) is 11.0 Å². The van der Waals surface area contributed by atoms with Crippen molar-refractivity contribution in [1.82, 2.24) is 4.57 Å². The lowest BCUT2D eigenvalue weighted by Crippen LogP contribution is -2.10. The number of nitrogens with zero attached hydrogens (tertiary/aromatic N) is 2. The lowest BCUT2D eigenvalue weighted by atomic mass is 10.0. The van der Waals surface area contributed by atoms with E-state index >= 15 is 0 Å². The molecule has 0 saturated carbocycles. The molecule has 0 aliphatic heterocycles. The van der Waals surface area contributed by atoms with Crippen LogP contribution in [-0.4, -0.2) is 4.57 Å². The molecule has 7 rings (SSSR count). The van der Waals surface area contributed by atoms with Crippen molar-refractivity contribution in [2.75, 3.05) is 4.90 Å². The van der Waals surface area contributed by atoms with Gasteiger partial charge in [-0.25, -0.2) is 0 Å². The Morgan fingerprint density at radius 1 is 0.435 bits per heavy atom. The van der Waals surface area contributed by atoms with Gasteiger partial charge in [-0.05, 0) is 124 Å². The lowest BCUT2D eigenvalue weighted by Gasteiger charge is -2.26. The summed E-state index contributed by atoms with van der Waals surface area (Å²) in [6.45, 7) is 14.9. The van der Waals surface area contributed by atoms with E-state index in [0.717, 1.165) is 23.5 Å². The van der Waals surface area contributed by atoms with E-state index in [4.69, 9.17) is 0 Å². The van der Waals surface area contributed by atoms with Gasteiger partial charge >= 0.3 is 0 Å². The molecular weight excluding hydrogens is 556 g/mol. The molecule has 2 heteroatoms. The van der Waals surface area contributed by atoms with Crippen LogP contribution in [0.15, 0.2) is 127 Å². The summed E-state index contributed by atoms with van der Waals surface area (Å²) in [4.78, 5) is 2.33. The van der Waals surface area contributed by atoms with Gasteiger partial charge in [0, 0.05) is 33.5 Å². The molecule has 0 aliphatic carbocycles. The van der Waals surface area contributed by atoms with E-state index < -0.39 is 0 Å². The molecule has 0 aliphatic rings. The Morgan fingerprint density at radius 3 is 1.30 bits per heavy atom. The Labute approximate surface area is 274 Å². The highest BCUT2D eigenvalue weighted by Gasteiger charge is 2.15. The first kappa shape index (κ1) is 30.9. The van der Waals surface area contributed by atoms with Crippen LogP contribution in [0.25, 0.3) is 27.5 Å². The SMILES string of the molecule is CC.Cc1ccc(N(c2ccc(C)cc2)c2ccc(Cc3ccc(-n4c5ccc(C)cc5c5cc(C)ccc54)c(C)c3)cc2)cc1. The van der Waals surface area contributed by atoms with Crippen molar-refractivity contribution < 1.29 is 0 Å². The van der Waals surface area contributed by atoms with E-state index in [1.54, 1.807) is 0 Å². The summed E-state index contributed by atoms with van der Waals surface area (Å²) >= 11 is 0.